The van der Waals surface area contributed by atoms with Crippen molar-refractivity contribution in [1.29, 1.82) is 0 Å². The quantitative estimate of drug-likeness (QED) is 0.788. The minimum atomic E-state index is 0.656. The minimum Gasteiger partial charge on any atom is -0.494 e. The normalized spacial score (nSPS) is 16.5. The summed E-state index contributed by atoms with van der Waals surface area (Å²) in [6.07, 6.45) is 2.27. The lowest BCUT2D eigenvalue weighted by Gasteiger charge is -2.22. The molecule has 1 aliphatic heterocycles. The molecule has 0 spiro atoms. The molecule has 18 heavy (non-hydrogen) atoms. The molecule has 1 aromatic rings. The molecule has 1 heterocycles. The van der Waals surface area contributed by atoms with E-state index < -0.39 is 0 Å². The van der Waals surface area contributed by atoms with Crippen LogP contribution >= 0.6 is 0 Å². The summed E-state index contributed by atoms with van der Waals surface area (Å²) in [5.74, 6) is 1.52. The van der Waals surface area contributed by atoms with Crippen molar-refractivity contribution in [3.8, 4) is 5.75 Å². The Balaban J connectivity index is 1.91. The van der Waals surface area contributed by atoms with Gasteiger partial charge in [-0.15, -0.1) is 0 Å². The molecule has 3 N–H and O–H groups in total. The molecule has 1 saturated heterocycles. The molecule has 4 heteroatoms. The summed E-state index contributed by atoms with van der Waals surface area (Å²) < 4.78 is 10.8. The molecule has 2 rings (SSSR count). The van der Waals surface area contributed by atoms with Crippen molar-refractivity contribution in [1.82, 2.24) is 0 Å². The zero-order valence-corrected chi connectivity index (χ0v) is 10.9. The highest BCUT2D eigenvalue weighted by molar-refractivity contribution is 5.59. The molecular weight excluding hydrogens is 228 g/mol. The second kappa shape index (κ2) is 6.50. The molecule has 0 radical (unpaired) electrons. The third-order valence-corrected chi connectivity index (χ3v) is 3.18. The van der Waals surface area contributed by atoms with E-state index in [2.05, 4.69) is 5.32 Å². The molecule has 1 aromatic carbocycles. The average molecular weight is 250 g/mol. The number of nitrogens with one attached hydrogen (secondary N) is 1. The lowest BCUT2D eigenvalue weighted by molar-refractivity contribution is 0.0699. The maximum atomic E-state index is 5.86. The Kier molecular flexibility index (Phi) is 4.70. The van der Waals surface area contributed by atoms with Crippen LogP contribution in [0.4, 0.5) is 11.4 Å². The van der Waals surface area contributed by atoms with Crippen LogP contribution in [-0.2, 0) is 4.74 Å². The predicted molar refractivity (Wildman–Crippen MR) is 74.1 cm³/mol. The monoisotopic (exact) mass is 250 g/mol. The van der Waals surface area contributed by atoms with Crippen molar-refractivity contribution in [2.45, 2.75) is 19.8 Å². The van der Waals surface area contributed by atoms with Gasteiger partial charge < -0.3 is 20.5 Å². The number of ether oxygens (including phenoxy) is 2. The van der Waals surface area contributed by atoms with Crippen LogP contribution < -0.4 is 15.8 Å². The van der Waals surface area contributed by atoms with E-state index in [0.717, 1.165) is 49.7 Å². The third-order valence-electron chi connectivity index (χ3n) is 3.18. The highest BCUT2D eigenvalue weighted by atomic mass is 16.5. The second-order valence-electron chi connectivity index (χ2n) is 4.66. The number of anilines is 2. The fourth-order valence-electron chi connectivity index (χ4n) is 2.19. The van der Waals surface area contributed by atoms with E-state index >= 15 is 0 Å². The van der Waals surface area contributed by atoms with Gasteiger partial charge in [-0.1, -0.05) is 0 Å². The third kappa shape index (κ3) is 3.81. The lowest BCUT2D eigenvalue weighted by atomic mass is 10.0. The highest BCUT2D eigenvalue weighted by Crippen LogP contribution is 2.23. The van der Waals surface area contributed by atoms with Crippen LogP contribution in [0, 0.1) is 5.92 Å². The predicted octanol–water partition coefficient (Wildman–Crippen LogP) is 2.51. The standard InChI is InChI=1S/C14H22N2O2/c1-2-18-14-8-12(15)7-13(9-14)16-10-11-3-5-17-6-4-11/h7-9,11,16H,2-6,10,15H2,1H3. The van der Waals surface area contributed by atoms with Crippen molar-refractivity contribution in [3.05, 3.63) is 18.2 Å². The smallest absolute Gasteiger partial charge is 0.123 e. The second-order valence-corrected chi connectivity index (χ2v) is 4.66. The zero-order valence-electron chi connectivity index (χ0n) is 10.9. The Labute approximate surface area is 108 Å². The Bertz CT molecular complexity index is 376. The Hall–Kier alpha value is -1.42. The van der Waals surface area contributed by atoms with Crippen LogP contribution in [0.5, 0.6) is 5.75 Å². The number of hydrogen-bond donors (Lipinski definition) is 2. The van der Waals surface area contributed by atoms with Gasteiger partial charge in [0.2, 0.25) is 0 Å². The molecule has 0 unspecified atom stereocenters. The van der Waals surface area contributed by atoms with Crippen molar-refractivity contribution in [3.63, 3.8) is 0 Å². The highest BCUT2D eigenvalue weighted by Gasteiger charge is 2.13. The summed E-state index contributed by atoms with van der Waals surface area (Å²) in [4.78, 5) is 0. The Morgan fingerprint density at radius 2 is 2.11 bits per heavy atom. The van der Waals surface area contributed by atoms with E-state index in [1.807, 2.05) is 25.1 Å². The van der Waals surface area contributed by atoms with Crippen molar-refractivity contribution < 1.29 is 9.47 Å². The van der Waals surface area contributed by atoms with E-state index in [4.69, 9.17) is 15.2 Å². The summed E-state index contributed by atoms with van der Waals surface area (Å²) in [6, 6.07) is 5.80. The van der Waals surface area contributed by atoms with Crippen molar-refractivity contribution in [2.75, 3.05) is 37.4 Å². The molecule has 1 fully saturated rings. The van der Waals surface area contributed by atoms with Crippen LogP contribution in [0.2, 0.25) is 0 Å². The van der Waals surface area contributed by atoms with Gasteiger partial charge in [0.05, 0.1) is 6.61 Å². The first-order valence-corrected chi connectivity index (χ1v) is 6.63. The van der Waals surface area contributed by atoms with Gasteiger partial charge >= 0.3 is 0 Å². The number of hydrogen-bond acceptors (Lipinski definition) is 4. The van der Waals surface area contributed by atoms with Crippen LogP contribution in [0.1, 0.15) is 19.8 Å². The van der Waals surface area contributed by atoms with Crippen LogP contribution in [0.15, 0.2) is 18.2 Å². The minimum absolute atomic E-state index is 0.656. The van der Waals surface area contributed by atoms with E-state index in [-0.39, 0.29) is 0 Å². The molecule has 1 aliphatic rings. The molecule has 0 atom stereocenters. The molecule has 0 bridgehead atoms. The molecule has 0 saturated carbocycles. The van der Waals surface area contributed by atoms with Crippen LogP contribution in [0.3, 0.4) is 0 Å². The Morgan fingerprint density at radius 3 is 2.83 bits per heavy atom. The first-order valence-electron chi connectivity index (χ1n) is 6.63. The molecular formula is C14H22N2O2. The van der Waals surface area contributed by atoms with Gasteiger partial charge in [-0.3, -0.25) is 0 Å². The molecule has 0 amide bonds. The van der Waals surface area contributed by atoms with E-state index in [1.54, 1.807) is 0 Å². The SMILES string of the molecule is CCOc1cc(N)cc(NCC2CCOCC2)c1. The van der Waals surface area contributed by atoms with Crippen molar-refractivity contribution >= 4 is 11.4 Å². The van der Waals surface area contributed by atoms with Crippen LogP contribution in [-0.4, -0.2) is 26.4 Å². The van der Waals surface area contributed by atoms with Gasteiger partial charge in [0.15, 0.2) is 0 Å². The van der Waals surface area contributed by atoms with Gasteiger partial charge in [0.1, 0.15) is 5.75 Å². The maximum absolute atomic E-state index is 5.86. The average Bonchev–Trinajstić information content (AvgIpc) is 2.37. The van der Waals surface area contributed by atoms with E-state index in [1.165, 1.54) is 0 Å². The fraction of sp³-hybridized carbons (Fsp3) is 0.571. The number of nitrogen functional groups attached to an aromatic ring is 1. The largest absolute Gasteiger partial charge is 0.494 e. The maximum Gasteiger partial charge on any atom is 0.123 e. The fourth-order valence-corrected chi connectivity index (χ4v) is 2.19. The van der Waals surface area contributed by atoms with Gasteiger partial charge in [0.25, 0.3) is 0 Å². The lowest BCUT2D eigenvalue weighted by Crippen LogP contribution is -2.22. The summed E-state index contributed by atoms with van der Waals surface area (Å²) >= 11 is 0. The molecule has 0 aromatic heterocycles. The summed E-state index contributed by atoms with van der Waals surface area (Å²) in [5.41, 5.74) is 7.62. The summed E-state index contributed by atoms with van der Waals surface area (Å²) in [5, 5.41) is 3.44. The summed E-state index contributed by atoms with van der Waals surface area (Å²) in [7, 11) is 0. The van der Waals surface area contributed by atoms with Gasteiger partial charge in [-0.25, -0.2) is 0 Å². The van der Waals surface area contributed by atoms with Crippen LogP contribution in [0.25, 0.3) is 0 Å². The number of benzene rings is 1. The topological polar surface area (TPSA) is 56.5 Å². The Morgan fingerprint density at radius 1 is 1.33 bits per heavy atom. The van der Waals surface area contributed by atoms with E-state index in [0.29, 0.717) is 12.5 Å². The van der Waals surface area contributed by atoms with E-state index in [9.17, 15) is 0 Å². The van der Waals surface area contributed by atoms with Gasteiger partial charge in [0, 0.05) is 43.3 Å². The first kappa shape index (κ1) is 13.0. The molecule has 100 valence electrons. The van der Waals surface area contributed by atoms with Crippen molar-refractivity contribution in [2.24, 2.45) is 5.92 Å². The number of rotatable bonds is 5. The summed E-state index contributed by atoms with van der Waals surface area (Å²) in [6.45, 7) is 5.36. The van der Waals surface area contributed by atoms with Gasteiger partial charge in [-0.2, -0.15) is 0 Å². The number of nitrogens with two attached hydrogens (primary N) is 1. The molecule has 0 aliphatic carbocycles. The van der Waals surface area contributed by atoms with Gasteiger partial charge in [-0.05, 0) is 31.7 Å². The molecule has 4 nitrogen and oxygen atoms in total. The zero-order chi connectivity index (χ0) is 12.8. The first-order chi connectivity index (χ1) is 8.78.